The number of carbonyl (C=O) groups excluding carboxylic acids is 1. The van der Waals surface area contributed by atoms with Crippen molar-refractivity contribution in [3.05, 3.63) is 59.9 Å². The second-order valence-electron chi connectivity index (χ2n) is 5.47. The summed E-state index contributed by atoms with van der Waals surface area (Å²) in [4.78, 5) is 16.0. The summed E-state index contributed by atoms with van der Waals surface area (Å²) in [6, 6.07) is 13.4. The van der Waals surface area contributed by atoms with Gasteiger partial charge in [-0.1, -0.05) is 18.2 Å². The molecule has 0 spiro atoms. The molecular weight excluding hydrogens is 462 g/mol. The zero-order valence-corrected chi connectivity index (χ0v) is 17.6. The van der Waals surface area contributed by atoms with Crippen molar-refractivity contribution in [1.82, 2.24) is 10.6 Å². The summed E-state index contributed by atoms with van der Waals surface area (Å²) in [5.41, 5.74) is 1.63. The number of ether oxygens (including phenoxy) is 1. The molecule has 2 aromatic rings. The molecule has 3 N–H and O–H groups in total. The van der Waals surface area contributed by atoms with Gasteiger partial charge in [-0.05, 0) is 42.3 Å². The van der Waals surface area contributed by atoms with E-state index in [-0.39, 0.29) is 42.2 Å². The van der Waals surface area contributed by atoms with Gasteiger partial charge in [0, 0.05) is 19.3 Å². The number of aliphatic imine (C=N–C) groups is 1. The van der Waals surface area contributed by atoms with E-state index in [1.165, 1.54) is 24.3 Å². The molecule has 0 fully saturated rings. The van der Waals surface area contributed by atoms with Gasteiger partial charge >= 0.3 is 0 Å². The van der Waals surface area contributed by atoms with Gasteiger partial charge in [0.15, 0.2) is 5.96 Å². The van der Waals surface area contributed by atoms with Crippen molar-refractivity contribution in [2.45, 2.75) is 6.42 Å². The number of halogens is 2. The quantitative estimate of drug-likeness (QED) is 0.320. The van der Waals surface area contributed by atoms with E-state index in [1.807, 2.05) is 24.3 Å². The second kappa shape index (κ2) is 12.1. The van der Waals surface area contributed by atoms with Gasteiger partial charge < -0.3 is 20.7 Å². The van der Waals surface area contributed by atoms with Crippen LogP contribution in [0.5, 0.6) is 5.75 Å². The lowest BCUT2D eigenvalue weighted by Gasteiger charge is -2.13. The van der Waals surface area contributed by atoms with Gasteiger partial charge in [-0.3, -0.25) is 9.79 Å². The minimum atomic E-state index is -0.347. The standard InChI is InChI=1S/C19H23FN4O2.HI/c1-21-19(22-12-11-14-5-3-4-6-17(14)26-2)23-13-18(25)24-16-9-7-15(20)8-10-16;/h3-10H,11-13H2,1-2H3,(H,24,25)(H2,21,22,23);1H. The topological polar surface area (TPSA) is 74.8 Å². The number of benzene rings is 2. The molecule has 1 amide bonds. The molecule has 2 rings (SSSR count). The van der Waals surface area contributed by atoms with E-state index in [9.17, 15) is 9.18 Å². The third-order valence-corrected chi connectivity index (χ3v) is 3.65. The van der Waals surface area contributed by atoms with Crippen molar-refractivity contribution in [2.24, 2.45) is 4.99 Å². The maximum Gasteiger partial charge on any atom is 0.243 e. The van der Waals surface area contributed by atoms with Gasteiger partial charge in [0.25, 0.3) is 0 Å². The first kappa shape index (κ1) is 22.7. The predicted molar refractivity (Wildman–Crippen MR) is 117 cm³/mol. The Hall–Kier alpha value is -2.36. The van der Waals surface area contributed by atoms with Crippen molar-refractivity contribution < 1.29 is 13.9 Å². The number of rotatable bonds is 7. The number of nitrogens with zero attached hydrogens (tertiary/aromatic N) is 1. The Labute approximate surface area is 175 Å². The van der Waals surface area contributed by atoms with E-state index < -0.39 is 0 Å². The van der Waals surface area contributed by atoms with Crippen LogP contribution < -0.4 is 20.7 Å². The highest BCUT2D eigenvalue weighted by Crippen LogP contribution is 2.17. The van der Waals surface area contributed by atoms with E-state index >= 15 is 0 Å². The van der Waals surface area contributed by atoms with Crippen molar-refractivity contribution in [1.29, 1.82) is 0 Å². The number of para-hydroxylation sites is 1. The van der Waals surface area contributed by atoms with Gasteiger partial charge in [-0.25, -0.2) is 4.39 Å². The lowest BCUT2D eigenvalue weighted by Crippen LogP contribution is -2.42. The lowest BCUT2D eigenvalue weighted by atomic mass is 10.1. The maximum atomic E-state index is 12.9. The fraction of sp³-hybridized carbons (Fsp3) is 0.263. The first-order valence-corrected chi connectivity index (χ1v) is 8.24. The molecule has 0 atom stereocenters. The molecule has 0 saturated heterocycles. The smallest absolute Gasteiger partial charge is 0.243 e. The highest BCUT2D eigenvalue weighted by molar-refractivity contribution is 14.0. The van der Waals surface area contributed by atoms with Gasteiger partial charge in [-0.15, -0.1) is 24.0 Å². The molecule has 0 radical (unpaired) electrons. The number of carbonyl (C=O) groups is 1. The maximum absolute atomic E-state index is 12.9. The molecule has 146 valence electrons. The van der Waals surface area contributed by atoms with Crippen molar-refractivity contribution in [2.75, 3.05) is 32.6 Å². The summed E-state index contributed by atoms with van der Waals surface area (Å²) in [6.07, 6.45) is 0.756. The van der Waals surface area contributed by atoms with Crippen LogP contribution in [-0.2, 0) is 11.2 Å². The van der Waals surface area contributed by atoms with Gasteiger partial charge in [0.05, 0.1) is 13.7 Å². The Balaban J connectivity index is 0.00000364. The molecular formula is C19H24FIN4O2. The number of hydrogen-bond donors (Lipinski definition) is 3. The summed E-state index contributed by atoms with van der Waals surface area (Å²) >= 11 is 0. The molecule has 0 unspecified atom stereocenters. The zero-order valence-electron chi connectivity index (χ0n) is 15.3. The first-order chi connectivity index (χ1) is 12.6. The molecule has 2 aromatic carbocycles. The normalized spacial score (nSPS) is 10.6. The summed E-state index contributed by atoms with van der Waals surface area (Å²) in [7, 11) is 3.28. The molecule has 27 heavy (non-hydrogen) atoms. The van der Waals surface area contributed by atoms with E-state index in [0.29, 0.717) is 18.2 Å². The van der Waals surface area contributed by atoms with Gasteiger partial charge in [0.1, 0.15) is 11.6 Å². The minimum absolute atomic E-state index is 0. The number of anilines is 1. The fourth-order valence-corrected chi connectivity index (χ4v) is 2.35. The van der Waals surface area contributed by atoms with Crippen molar-refractivity contribution >= 4 is 41.5 Å². The Morgan fingerprint density at radius 1 is 1.11 bits per heavy atom. The van der Waals surface area contributed by atoms with Crippen LogP contribution in [0.3, 0.4) is 0 Å². The Morgan fingerprint density at radius 2 is 1.81 bits per heavy atom. The van der Waals surface area contributed by atoms with Crippen molar-refractivity contribution in [3.63, 3.8) is 0 Å². The summed E-state index contributed by atoms with van der Waals surface area (Å²) in [5.74, 6) is 0.773. The van der Waals surface area contributed by atoms with E-state index in [4.69, 9.17) is 4.74 Å². The number of amides is 1. The molecule has 8 heteroatoms. The third kappa shape index (κ3) is 7.81. The van der Waals surface area contributed by atoms with Crippen LogP contribution in [0.25, 0.3) is 0 Å². The van der Waals surface area contributed by atoms with Crippen LogP contribution in [0, 0.1) is 5.82 Å². The molecule has 0 aliphatic rings. The molecule has 0 aliphatic heterocycles. The zero-order chi connectivity index (χ0) is 18.8. The summed E-state index contributed by atoms with van der Waals surface area (Å²) in [6.45, 7) is 0.686. The average Bonchev–Trinajstić information content (AvgIpc) is 2.66. The molecule has 0 aromatic heterocycles. The van der Waals surface area contributed by atoms with Crippen LogP contribution in [-0.4, -0.2) is 39.1 Å². The minimum Gasteiger partial charge on any atom is -0.496 e. The number of nitrogens with one attached hydrogen (secondary N) is 3. The highest BCUT2D eigenvalue weighted by Gasteiger charge is 2.06. The molecule has 0 aliphatic carbocycles. The van der Waals surface area contributed by atoms with Gasteiger partial charge in [0.2, 0.25) is 5.91 Å². The molecule has 0 saturated carbocycles. The Bertz CT molecular complexity index is 754. The number of methoxy groups -OCH3 is 1. The molecule has 0 bridgehead atoms. The van der Waals surface area contributed by atoms with E-state index in [1.54, 1.807) is 14.2 Å². The van der Waals surface area contributed by atoms with Crippen LogP contribution >= 0.6 is 24.0 Å². The van der Waals surface area contributed by atoms with Gasteiger partial charge in [-0.2, -0.15) is 0 Å². The predicted octanol–water partition coefficient (Wildman–Crippen LogP) is 2.80. The molecule has 0 heterocycles. The SMILES string of the molecule is CN=C(NCCc1ccccc1OC)NCC(=O)Nc1ccc(F)cc1.I. The Morgan fingerprint density at radius 3 is 2.48 bits per heavy atom. The van der Waals surface area contributed by atoms with Crippen molar-refractivity contribution in [3.8, 4) is 5.75 Å². The summed E-state index contributed by atoms with van der Waals surface area (Å²) in [5, 5.41) is 8.77. The summed E-state index contributed by atoms with van der Waals surface area (Å²) < 4.78 is 18.2. The lowest BCUT2D eigenvalue weighted by molar-refractivity contribution is -0.115. The van der Waals surface area contributed by atoms with E-state index in [0.717, 1.165) is 17.7 Å². The van der Waals surface area contributed by atoms with E-state index in [2.05, 4.69) is 20.9 Å². The van der Waals surface area contributed by atoms with Crippen LogP contribution in [0.1, 0.15) is 5.56 Å². The first-order valence-electron chi connectivity index (χ1n) is 8.24. The number of hydrogen-bond acceptors (Lipinski definition) is 3. The van der Waals surface area contributed by atoms with Crippen LogP contribution in [0.15, 0.2) is 53.5 Å². The monoisotopic (exact) mass is 486 g/mol. The average molecular weight is 486 g/mol. The third-order valence-electron chi connectivity index (χ3n) is 3.65. The largest absolute Gasteiger partial charge is 0.496 e. The second-order valence-corrected chi connectivity index (χ2v) is 5.47. The van der Waals surface area contributed by atoms with Crippen LogP contribution in [0.4, 0.5) is 10.1 Å². The number of guanidine groups is 1. The highest BCUT2D eigenvalue weighted by atomic mass is 127. The fourth-order valence-electron chi connectivity index (χ4n) is 2.35. The molecule has 6 nitrogen and oxygen atoms in total. The van der Waals surface area contributed by atoms with Crippen LogP contribution in [0.2, 0.25) is 0 Å². The Kier molecular flexibility index (Phi) is 10.2.